The molecule has 0 saturated heterocycles. The van der Waals surface area contributed by atoms with Gasteiger partial charge in [-0.25, -0.2) is 4.79 Å². The van der Waals surface area contributed by atoms with Gasteiger partial charge in [-0.3, -0.25) is 9.48 Å². The van der Waals surface area contributed by atoms with E-state index in [1.807, 2.05) is 6.92 Å². The van der Waals surface area contributed by atoms with Crippen LogP contribution in [0.15, 0.2) is 18.2 Å². The molecule has 2 rings (SSSR count). The highest BCUT2D eigenvalue weighted by atomic mass is 16.5. The second-order valence-corrected chi connectivity index (χ2v) is 5.40. The van der Waals surface area contributed by atoms with Crippen molar-refractivity contribution in [3.8, 4) is 11.5 Å². The molecule has 2 aromatic rings. The first-order chi connectivity index (χ1) is 11.8. The molecule has 1 aromatic heterocycles. The van der Waals surface area contributed by atoms with E-state index in [4.69, 9.17) is 14.2 Å². The average molecular weight is 347 g/mol. The van der Waals surface area contributed by atoms with Gasteiger partial charge in [0.2, 0.25) is 0 Å². The first kappa shape index (κ1) is 18.3. The zero-order valence-electron chi connectivity index (χ0n) is 14.9. The maximum Gasteiger partial charge on any atom is 0.338 e. The second kappa shape index (κ2) is 7.69. The van der Waals surface area contributed by atoms with E-state index in [2.05, 4.69) is 10.4 Å². The number of esters is 1. The van der Waals surface area contributed by atoms with Crippen molar-refractivity contribution in [1.82, 2.24) is 9.78 Å². The van der Waals surface area contributed by atoms with Crippen LogP contribution in [-0.2, 0) is 16.6 Å². The Morgan fingerprint density at radius 2 is 1.72 bits per heavy atom. The molecule has 8 nitrogen and oxygen atoms in total. The molecule has 0 aliphatic rings. The largest absolute Gasteiger partial charge is 0.497 e. The average Bonchev–Trinajstić information content (AvgIpc) is 2.85. The van der Waals surface area contributed by atoms with Crippen LogP contribution in [0, 0.1) is 13.8 Å². The number of hydrogen-bond donors (Lipinski definition) is 1. The number of carbonyl (C=O) groups is 2. The predicted molar refractivity (Wildman–Crippen MR) is 91.1 cm³/mol. The number of aryl methyl sites for hydroxylation is 2. The van der Waals surface area contributed by atoms with Gasteiger partial charge in [-0.2, -0.15) is 5.10 Å². The van der Waals surface area contributed by atoms with Crippen LogP contribution >= 0.6 is 0 Å². The SMILES string of the molecule is COc1cc(OC)cc(C(=O)OCC(=O)Nc2c(C)nn(C)c2C)c1. The number of methoxy groups -OCH3 is 2. The van der Waals surface area contributed by atoms with Crippen LogP contribution in [0.5, 0.6) is 11.5 Å². The van der Waals surface area contributed by atoms with Crippen molar-refractivity contribution in [2.45, 2.75) is 13.8 Å². The zero-order valence-corrected chi connectivity index (χ0v) is 14.9. The number of nitrogens with one attached hydrogen (secondary N) is 1. The lowest BCUT2D eigenvalue weighted by Crippen LogP contribution is -2.21. The van der Waals surface area contributed by atoms with Gasteiger partial charge in [0.15, 0.2) is 6.61 Å². The van der Waals surface area contributed by atoms with Crippen LogP contribution in [0.2, 0.25) is 0 Å². The van der Waals surface area contributed by atoms with Gasteiger partial charge >= 0.3 is 5.97 Å². The molecule has 134 valence electrons. The van der Waals surface area contributed by atoms with Gasteiger partial charge in [0.1, 0.15) is 11.5 Å². The van der Waals surface area contributed by atoms with E-state index < -0.39 is 18.5 Å². The van der Waals surface area contributed by atoms with E-state index in [1.165, 1.54) is 26.4 Å². The molecule has 0 aliphatic carbocycles. The third kappa shape index (κ3) is 4.28. The van der Waals surface area contributed by atoms with Crippen LogP contribution in [0.25, 0.3) is 0 Å². The number of aromatic nitrogens is 2. The van der Waals surface area contributed by atoms with E-state index in [-0.39, 0.29) is 5.56 Å². The first-order valence-corrected chi connectivity index (χ1v) is 7.56. The van der Waals surface area contributed by atoms with Crippen LogP contribution in [0.1, 0.15) is 21.7 Å². The van der Waals surface area contributed by atoms with Crippen LogP contribution in [-0.4, -0.2) is 42.5 Å². The third-order valence-corrected chi connectivity index (χ3v) is 3.69. The number of carbonyl (C=O) groups excluding carboxylic acids is 2. The van der Waals surface area contributed by atoms with Gasteiger partial charge in [0.05, 0.1) is 36.9 Å². The molecule has 25 heavy (non-hydrogen) atoms. The van der Waals surface area contributed by atoms with Gasteiger partial charge in [-0.1, -0.05) is 0 Å². The number of anilines is 1. The highest BCUT2D eigenvalue weighted by molar-refractivity contribution is 5.96. The summed E-state index contributed by atoms with van der Waals surface area (Å²) in [5.74, 6) is -0.177. The van der Waals surface area contributed by atoms with Gasteiger partial charge in [0.25, 0.3) is 5.91 Å². The Morgan fingerprint density at radius 3 is 2.20 bits per heavy atom. The summed E-state index contributed by atoms with van der Waals surface area (Å²) in [6.45, 7) is 3.22. The van der Waals surface area contributed by atoms with Gasteiger partial charge in [-0.15, -0.1) is 0 Å². The molecule has 0 spiro atoms. The first-order valence-electron chi connectivity index (χ1n) is 7.56. The molecule has 0 radical (unpaired) electrons. The highest BCUT2D eigenvalue weighted by Crippen LogP contribution is 2.23. The number of ether oxygens (including phenoxy) is 3. The number of nitrogens with zero attached hydrogens (tertiary/aromatic N) is 2. The van der Waals surface area contributed by atoms with Gasteiger partial charge in [-0.05, 0) is 26.0 Å². The topological polar surface area (TPSA) is 91.7 Å². The van der Waals surface area contributed by atoms with E-state index in [0.717, 1.165) is 5.69 Å². The normalized spacial score (nSPS) is 10.3. The van der Waals surface area contributed by atoms with Crippen molar-refractivity contribution in [1.29, 1.82) is 0 Å². The van der Waals surface area contributed by atoms with E-state index in [9.17, 15) is 9.59 Å². The van der Waals surface area contributed by atoms with Crippen molar-refractivity contribution < 1.29 is 23.8 Å². The number of amides is 1. The monoisotopic (exact) mass is 347 g/mol. The minimum Gasteiger partial charge on any atom is -0.497 e. The standard InChI is InChI=1S/C17H21N3O5/c1-10-16(11(2)20(3)19-10)18-15(21)9-25-17(22)12-6-13(23-4)8-14(7-12)24-5/h6-8H,9H2,1-5H3,(H,18,21). The predicted octanol–water partition coefficient (Wildman–Crippen LogP) is 1.85. The Hall–Kier alpha value is -3.03. The third-order valence-electron chi connectivity index (χ3n) is 3.69. The maximum absolute atomic E-state index is 12.1. The number of benzene rings is 1. The molecule has 0 unspecified atom stereocenters. The molecule has 0 saturated carbocycles. The van der Waals surface area contributed by atoms with Crippen LogP contribution in [0.4, 0.5) is 5.69 Å². The zero-order chi connectivity index (χ0) is 18.6. The van der Waals surface area contributed by atoms with Crippen molar-refractivity contribution in [2.75, 3.05) is 26.1 Å². The smallest absolute Gasteiger partial charge is 0.338 e. The summed E-state index contributed by atoms with van der Waals surface area (Å²) in [5.41, 5.74) is 2.36. The van der Waals surface area contributed by atoms with Crippen molar-refractivity contribution in [3.05, 3.63) is 35.2 Å². The summed E-state index contributed by atoms with van der Waals surface area (Å²) >= 11 is 0. The fourth-order valence-corrected chi connectivity index (χ4v) is 2.27. The van der Waals surface area contributed by atoms with Crippen molar-refractivity contribution in [3.63, 3.8) is 0 Å². The Morgan fingerprint density at radius 1 is 1.12 bits per heavy atom. The lowest BCUT2D eigenvalue weighted by molar-refractivity contribution is -0.119. The Balaban J connectivity index is 2.01. The second-order valence-electron chi connectivity index (χ2n) is 5.40. The summed E-state index contributed by atoms with van der Waals surface area (Å²) in [6.07, 6.45) is 0. The molecule has 0 fully saturated rings. The molecular formula is C17H21N3O5. The fraction of sp³-hybridized carbons (Fsp3) is 0.353. The molecule has 1 aromatic carbocycles. The summed E-state index contributed by atoms with van der Waals surface area (Å²) in [6, 6.07) is 4.66. The minimum absolute atomic E-state index is 0.234. The van der Waals surface area contributed by atoms with E-state index >= 15 is 0 Å². The summed E-state index contributed by atoms with van der Waals surface area (Å²) in [7, 11) is 4.75. The molecular weight excluding hydrogens is 326 g/mol. The quantitative estimate of drug-likeness (QED) is 0.802. The summed E-state index contributed by atoms with van der Waals surface area (Å²) in [5, 5.41) is 6.91. The molecule has 8 heteroatoms. The molecule has 1 N–H and O–H groups in total. The summed E-state index contributed by atoms with van der Waals surface area (Å²) < 4.78 is 16.9. The molecule has 0 atom stereocenters. The van der Waals surface area contributed by atoms with E-state index in [1.54, 1.807) is 24.7 Å². The van der Waals surface area contributed by atoms with E-state index in [0.29, 0.717) is 22.9 Å². The van der Waals surface area contributed by atoms with Gasteiger partial charge in [0, 0.05) is 13.1 Å². The summed E-state index contributed by atoms with van der Waals surface area (Å²) in [4.78, 5) is 24.2. The number of hydrogen-bond acceptors (Lipinski definition) is 6. The van der Waals surface area contributed by atoms with Crippen LogP contribution < -0.4 is 14.8 Å². The molecule has 1 amide bonds. The Kier molecular flexibility index (Phi) is 5.63. The molecule has 0 aliphatic heterocycles. The lowest BCUT2D eigenvalue weighted by Gasteiger charge is -2.09. The molecule has 1 heterocycles. The van der Waals surface area contributed by atoms with Gasteiger partial charge < -0.3 is 19.5 Å². The highest BCUT2D eigenvalue weighted by Gasteiger charge is 2.16. The lowest BCUT2D eigenvalue weighted by atomic mass is 10.2. The molecule has 0 bridgehead atoms. The maximum atomic E-state index is 12.1. The number of rotatable bonds is 6. The van der Waals surface area contributed by atoms with Crippen molar-refractivity contribution >= 4 is 17.6 Å². The minimum atomic E-state index is -0.646. The Labute approximate surface area is 145 Å². The van der Waals surface area contributed by atoms with Crippen LogP contribution in [0.3, 0.4) is 0 Å². The fourth-order valence-electron chi connectivity index (χ4n) is 2.27. The van der Waals surface area contributed by atoms with Crippen molar-refractivity contribution in [2.24, 2.45) is 7.05 Å². The Bertz CT molecular complexity index is 776.